The van der Waals surface area contributed by atoms with Crippen molar-refractivity contribution >= 4 is 5.97 Å². The van der Waals surface area contributed by atoms with E-state index in [9.17, 15) is 4.79 Å². The fourth-order valence-corrected chi connectivity index (χ4v) is 2.74. The number of carbonyl (C=O) groups is 1. The van der Waals surface area contributed by atoms with Crippen LogP contribution in [0.4, 0.5) is 0 Å². The second-order valence-corrected chi connectivity index (χ2v) is 5.41. The summed E-state index contributed by atoms with van der Waals surface area (Å²) in [5.41, 5.74) is 0. The summed E-state index contributed by atoms with van der Waals surface area (Å²) < 4.78 is 5.18. The number of nitrogens with one attached hydrogen (secondary N) is 1. The van der Waals surface area contributed by atoms with Crippen molar-refractivity contribution in [3.63, 3.8) is 0 Å². The van der Waals surface area contributed by atoms with Crippen LogP contribution < -0.4 is 5.32 Å². The summed E-state index contributed by atoms with van der Waals surface area (Å²) in [6, 6.07) is 0.364. The summed E-state index contributed by atoms with van der Waals surface area (Å²) in [5, 5.41) is 3.29. The Kier molecular flexibility index (Phi) is 8.07. The van der Waals surface area contributed by atoms with Gasteiger partial charge < -0.3 is 10.1 Å². The maximum absolute atomic E-state index is 12.0. The smallest absolute Gasteiger partial charge is 0.324 e. The minimum atomic E-state index is -0.102. The molecule has 0 aromatic rings. The lowest BCUT2D eigenvalue weighted by Crippen LogP contribution is -2.58. The Morgan fingerprint density at radius 3 is 2.84 bits per heavy atom. The molecule has 4 nitrogen and oxygen atoms in total. The summed E-state index contributed by atoms with van der Waals surface area (Å²) in [4.78, 5) is 14.3. The predicted molar refractivity (Wildman–Crippen MR) is 78.2 cm³/mol. The number of esters is 1. The van der Waals surface area contributed by atoms with Crippen LogP contribution in [-0.2, 0) is 9.53 Å². The molecule has 0 radical (unpaired) electrons. The molecule has 2 unspecified atom stereocenters. The van der Waals surface area contributed by atoms with E-state index in [1.54, 1.807) is 0 Å². The standard InChI is InChI=1S/C15H30N2O2/c1-4-6-7-8-9-13(3)17-11-10-16-12-14(17)15(18)19-5-2/h13-14,16H,4-12H2,1-3H3. The molecule has 1 fully saturated rings. The van der Waals surface area contributed by atoms with Crippen LogP contribution in [0.5, 0.6) is 0 Å². The fourth-order valence-electron chi connectivity index (χ4n) is 2.74. The molecule has 1 rings (SSSR count). The second-order valence-electron chi connectivity index (χ2n) is 5.41. The van der Waals surface area contributed by atoms with Gasteiger partial charge in [-0.2, -0.15) is 0 Å². The van der Waals surface area contributed by atoms with Crippen molar-refractivity contribution in [3.05, 3.63) is 0 Å². The lowest BCUT2D eigenvalue weighted by Gasteiger charge is -2.38. The third-order valence-corrected chi connectivity index (χ3v) is 3.89. The fraction of sp³-hybridized carbons (Fsp3) is 0.933. The van der Waals surface area contributed by atoms with E-state index in [2.05, 4.69) is 24.1 Å². The SMILES string of the molecule is CCCCCCC(C)N1CCNCC1C(=O)OCC. The zero-order chi connectivity index (χ0) is 14.1. The van der Waals surface area contributed by atoms with Crippen LogP contribution in [0, 0.1) is 0 Å². The van der Waals surface area contributed by atoms with Gasteiger partial charge in [-0.3, -0.25) is 9.69 Å². The molecule has 0 aromatic carbocycles. The number of hydrogen-bond donors (Lipinski definition) is 1. The van der Waals surface area contributed by atoms with Crippen LogP contribution in [0.25, 0.3) is 0 Å². The van der Waals surface area contributed by atoms with Crippen LogP contribution in [-0.4, -0.2) is 49.2 Å². The Hall–Kier alpha value is -0.610. The Labute approximate surface area is 117 Å². The van der Waals surface area contributed by atoms with Gasteiger partial charge in [-0.05, 0) is 20.3 Å². The van der Waals surface area contributed by atoms with Crippen LogP contribution in [0.2, 0.25) is 0 Å². The minimum Gasteiger partial charge on any atom is -0.465 e. The van der Waals surface area contributed by atoms with E-state index >= 15 is 0 Å². The molecular weight excluding hydrogens is 240 g/mol. The molecule has 19 heavy (non-hydrogen) atoms. The quantitative estimate of drug-likeness (QED) is 0.542. The van der Waals surface area contributed by atoms with Crippen LogP contribution >= 0.6 is 0 Å². The van der Waals surface area contributed by atoms with E-state index in [1.165, 1.54) is 32.1 Å². The number of ether oxygens (including phenoxy) is 1. The Morgan fingerprint density at radius 2 is 2.16 bits per heavy atom. The normalized spacial score (nSPS) is 22.2. The van der Waals surface area contributed by atoms with Crippen LogP contribution in [0.1, 0.15) is 52.9 Å². The second kappa shape index (κ2) is 9.32. The molecule has 1 aliphatic heterocycles. The van der Waals surface area contributed by atoms with E-state index in [0.29, 0.717) is 12.6 Å². The Bertz CT molecular complexity index is 259. The zero-order valence-electron chi connectivity index (χ0n) is 12.8. The maximum atomic E-state index is 12.0. The average molecular weight is 270 g/mol. The molecular formula is C15H30N2O2. The van der Waals surface area contributed by atoms with E-state index in [-0.39, 0.29) is 12.0 Å². The first kappa shape index (κ1) is 16.4. The van der Waals surface area contributed by atoms with Crippen molar-refractivity contribution < 1.29 is 9.53 Å². The van der Waals surface area contributed by atoms with E-state index < -0.39 is 0 Å². The van der Waals surface area contributed by atoms with Gasteiger partial charge >= 0.3 is 5.97 Å². The molecule has 0 aromatic heterocycles. The van der Waals surface area contributed by atoms with Crippen LogP contribution in [0.15, 0.2) is 0 Å². The van der Waals surface area contributed by atoms with Crippen LogP contribution in [0.3, 0.4) is 0 Å². The van der Waals surface area contributed by atoms with Gasteiger partial charge in [0.15, 0.2) is 0 Å². The highest BCUT2D eigenvalue weighted by atomic mass is 16.5. The number of piperazine rings is 1. The number of hydrogen-bond acceptors (Lipinski definition) is 4. The van der Waals surface area contributed by atoms with Gasteiger partial charge in [-0.25, -0.2) is 0 Å². The molecule has 0 amide bonds. The molecule has 0 saturated carbocycles. The van der Waals surface area contributed by atoms with Gasteiger partial charge in [0, 0.05) is 25.7 Å². The first-order valence-electron chi connectivity index (χ1n) is 7.83. The van der Waals surface area contributed by atoms with Crippen molar-refractivity contribution in [2.75, 3.05) is 26.2 Å². The monoisotopic (exact) mass is 270 g/mol. The molecule has 4 heteroatoms. The van der Waals surface area contributed by atoms with Gasteiger partial charge in [-0.1, -0.05) is 32.6 Å². The van der Waals surface area contributed by atoms with Crippen molar-refractivity contribution in [2.24, 2.45) is 0 Å². The molecule has 112 valence electrons. The Balaban J connectivity index is 2.43. The predicted octanol–water partition coefficient (Wildman–Crippen LogP) is 2.18. The van der Waals surface area contributed by atoms with Crippen molar-refractivity contribution in [2.45, 2.75) is 65.0 Å². The number of rotatable bonds is 8. The maximum Gasteiger partial charge on any atom is 0.324 e. The number of nitrogens with zero attached hydrogens (tertiary/aromatic N) is 1. The first-order chi connectivity index (χ1) is 9.20. The largest absolute Gasteiger partial charge is 0.465 e. The topological polar surface area (TPSA) is 41.6 Å². The van der Waals surface area contributed by atoms with Gasteiger partial charge in [0.25, 0.3) is 0 Å². The highest BCUT2D eigenvalue weighted by Crippen LogP contribution is 2.16. The third-order valence-electron chi connectivity index (χ3n) is 3.89. The van der Waals surface area contributed by atoms with Gasteiger partial charge in [0.1, 0.15) is 6.04 Å². The summed E-state index contributed by atoms with van der Waals surface area (Å²) in [7, 11) is 0. The summed E-state index contributed by atoms with van der Waals surface area (Å²) >= 11 is 0. The van der Waals surface area contributed by atoms with Gasteiger partial charge in [-0.15, -0.1) is 0 Å². The first-order valence-corrected chi connectivity index (χ1v) is 7.83. The highest BCUT2D eigenvalue weighted by Gasteiger charge is 2.32. The average Bonchev–Trinajstić information content (AvgIpc) is 2.43. The van der Waals surface area contributed by atoms with Gasteiger partial charge in [0.05, 0.1) is 6.61 Å². The summed E-state index contributed by atoms with van der Waals surface area (Å²) in [6.45, 7) is 9.44. The lowest BCUT2D eigenvalue weighted by molar-refractivity contribution is -0.151. The Morgan fingerprint density at radius 1 is 1.37 bits per heavy atom. The lowest BCUT2D eigenvalue weighted by atomic mass is 10.0. The number of carbonyl (C=O) groups excluding carboxylic acids is 1. The summed E-state index contributed by atoms with van der Waals surface area (Å²) in [5.74, 6) is -0.0740. The molecule has 1 saturated heterocycles. The molecule has 1 heterocycles. The third kappa shape index (κ3) is 5.49. The molecule has 0 bridgehead atoms. The molecule has 0 spiro atoms. The molecule has 2 atom stereocenters. The van der Waals surface area contributed by atoms with Crippen molar-refractivity contribution in [1.82, 2.24) is 10.2 Å². The van der Waals surface area contributed by atoms with Gasteiger partial charge in [0.2, 0.25) is 0 Å². The van der Waals surface area contributed by atoms with E-state index in [0.717, 1.165) is 19.6 Å². The van der Waals surface area contributed by atoms with Crippen molar-refractivity contribution in [3.8, 4) is 0 Å². The molecule has 1 N–H and O–H groups in total. The molecule has 1 aliphatic rings. The van der Waals surface area contributed by atoms with E-state index in [4.69, 9.17) is 4.74 Å². The highest BCUT2D eigenvalue weighted by molar-refractivity contribution is 5.76. The summed E-state index contributed by atoms with van der Waals surface area (Å²) in [6.07, 6.45) is 6.32. The van der Waals surface area contributed by atoms with E-state index in [1.807, 2.05) is 6.92 Å². The van der Waals surface area contributed by atoms with Crippen molar-refractivity contribution in [1.29, 1.82) is 0 Å². The number of unbranched alkanes of at least 4 members (excludes halogenated alkanes) is 3. The molecule has 0 aliphatic carbocycles. The zero-order valence-corrected chi connectivity index (χ0v) is 12.8. The minimum absolute atomic E-state index is 0.0740.